The minimum Gasteiger partial charge on any atom is -0.476 e. The lowest BCUT2D eigenvalue weighted by Gasteiger charge is -2.34. The molecule has 0 aliphatic carbocycles. The maximum atomic E-state index is 13.5. The number of hydrogen-bond donors (Lipinski definition) is 1. The molecule has 0 fully saturated rings. The quantitative estimate of drug-likeness (QED) is 0.488. The Bertz CT molecular complexity index is 1370. The van der Waals surface area contributed by atoms with Crippen molar-refractivity contribution in [3.05, 3.63) is 82.9 Å². The SMILES string of the molecule is CCOC(=O)c1ccc(NC(=O)[C@@H]2CN(S(=O)(=O)c3ccc(C)cc3)c3ccccc3O2)c(Cl)c1. The number of carbonyl (C=O) groups is 2. The zero-order chi connectivity index (χ0) is 25.2. The van der Waals surface area contributed by atoms with Crippen LogP contribution in [-0.4, -0.2) is 39.5 Å². The number of para-hydroxylation sites is 2. The molecule has 1 aliphatic rings. The Morgan fingerprint density at radius 2 is 1.83 bits per heavy atom. The van der Waals surface area contributed by atoms with Crippen LogP contribution < -0.4 is 14.4 Å². The van der Waals surface area contributed by atoms with Crippen molar-refractivity contribution in [2.45, 2.75) is 24.8 Å². The van der Waals surface area contributed by atoms with Crippen molar-refractivity contribution in [3.63, 3.8) is 0 Å². The number of amides is 1. The third kappa shape index (κ3) is 5.11. The van der Waals surface area contributed by atoms with Crippen LogP contribution in [0, 0.1) is 6.92 Å². The summed E-state index contributed by atoms with van der Waals surface area (Å²) in [5, 5.41) is 2.79. The molecule has 0 unspecified atom stereocenters. The molecule has 1 aliphatic heterocycles. The van der Waals surface area contributed by atoms with E-state index in [9.17, 15) is 18.0 Å². The first kappa shape index (κ1) is 24.6. The average molecular weight is 515 g/mol. The van der Waals surface area contributed by atoms with Gasteiger partial charge in [0.05, 0.1) is 40.0 Å². The highest BCUT2D eigenvalue weighted by molar-refractivity contribution is 7.92. The summed E-state index contributed by atoms with van der Waals surface area (Å²) < 4.78 is 38.9. The van der Waals surface area contributed by atoms with Crippen LogP contribution in [0.1, 0.15) is 22.8 Å². The second-order valence-corrected chi connectivity index (χ2v) is 10.1. The highest BCUT2D eigenvalue weighted by atomic mass is 35.5. The zero-order valence-corrected chi connectivity index (χ0v) is 20.6. The van der Waals surface area contributed by atoms with Gasteiger partial charge in [0.2, 0.25) is 0 Å². The Kier molecular flexibility index (Phi) is 7.00. The summed E-state index contributed by atoms with van der Waals surface area (Å²) in [7, 11) is -3.96. The van der Waals surface area contributed by atoms with Gasteiger partial charge in [-0.25, -0.2) is 13.2 Å². The molecule has 0 saturated carbocycles. The van der Waals surface area contributed by atoms with E-state index in [-0.39, 0.29) is 40.1 Å². The monoisotopic (exact) mass is 514 g/mol. The van der Waals surface area contributed by atoms with E-state index in [2.05, 4.69) is 5.32 Å². The number of nitrogens with zero attached hydrogens (tertiary/aromatic N) is 1. The number of carbonyl (C=O) groups excluding carboxylic acids is 2. The molecule has 35 heavy (non-hydrogen) atoms. The Balaban J connectivity index is 1.60. The maximum Gasteiger partial charge on any atom is 0.338 e. The fourth-order valence-electron chi connectivity index (χ4n) is 3.57. The minimum absolute atomic E-state index is 0.108. The van der Waals surface area contributed by atoms with Gasteiger partial charge >= 0.3 is 5.97 Å². The lowest BCUT2D eigenvalue weighted by Crippen LogP contribution is -2.48. The van der Waals surface area contributed by atoms with Crippen LogP contribution >= 0.6 is 11.6 Å². The van der Waals surface area contributed by atoms with Gasteiger partial charge in [-0.2, -0.15) is 0 Å². The Hall–Kier alpha value is -3.56. The molecule has 3 aromatic rings. The highest BCUT2D eigenvalue weighted by Crippen LogP contribution is 2.37. The molecule has 0 aromatic heterocycles. The van der Waals surface area contributed by atoms with Gasteiger partial charge in [-0.15, -0.1) is 0 Å². The summed E-state index contributed by atoms with van der Waals surface area (Å²) in [5.41, 5.74) is 1.76. The van der Waals surface area contributed by atoms with Crippen molar-refractivity contribution in [2.75, 3.05) is 22.8 Å². The zero-order valence-electron chi connectivity index (χ0n) is 19.0. The lowest BCUT2D eigenvalue weighted by atomic mass is 10.2. The number of sulfonamides is 1. The maximum absolute atomic E-state index is 13.5. The standard InChI is InChI=1S/C25H23ClN2O6S/c1-3-33-25(30)17-10-13-20(19(26)14-17)27-24(29)23-15-28(21-6-4-5-7-22(21)34-23)35(31,32)18-11-8-16(2)9-12-18/h4-14,23H,3,15H2,1-2H3,(H,27,29)/t23-/m0/s1. The molecule has 1 atom stereocenters. The number of anilines is 2. The summed E-state index contributed by atoms with van der Waals surface area (Å²) in [5.74, 6) is -0.857. The molecular weight excluding hydrogens is 492 g/mol. The van der Waals surface area contributed by atoms with E-state index >= 15 is 0 Å². The number of hydrogen-bond acceptors (Lipinski definition) is 6. The van der Waals surface area contributed by atoms with Crippen LogP contribution in [0.4, 0.5) is 11.4 Å². The van der Waals surface area contributed by atoms with Crippen molar-refractivity contribution >= 4 is 44.9 Å². The van der Waals surface area contributed by atoms with Crippen molar-refractivity contribution in [2.24, 2.45) is 0 Å². The molecule has 0 bridgehead atoms. The second-order valence-electron chi connectivity index (χ2n) is 7.83. The van der Waals surface area contributed by atoms with Crippen molar-refractivity contribution < 1.29 is 27.5 Å². The first-order chi connectivity index (χ1) is 16.7. The average Bonchev–Trinajstić information content (AvgIpc) is 2.84. The van der Waals surface area contributed by atoms with E-state index in [1.165, 1.54) is 34.6 Å². The van der Waals surface area contributed by atoms with Crippen LogP contribution in [0.2, 0.25) is 5.02 Å². The predicted molar refractivity (Wildman–Crippen MR) is 133 cm³/mol. The van der Waals surface area contributed by atoms with Gasteiger partial charge in [0, 0.05) is 0 Å². The Morgan fingerprint density at radius 3 is 2.51 bits per heavy atom. The minimum atomic E-state index is -3.96. The van der Waals surface area contributed by atoms with E-state index in [4.69, 9.17) is 21.1 Å². The lowest BCUT2D eigenvalue weighted by molar-refractivity contribution is -0.122. The third-order valence-corrected chi connectivity index (χ3v) is 7.48. The number of aryl methyl sites for hydroxylation is 1. The van der Waals surface area contributed by atoms with E-state index in [1.54, 1.807) is 43.3 Å². The summed E-state index contributed by atoms with van der Waals surface area (Å²) in [6, 6.07) is 17.5. The molecule has 1 amide bonds. The second kappa shape index (κ2) is 9.97. The molecule has 0 spiro atoms. The van der Waals surface area contributed by atoms with Crippen molar-refractivity contribution in [1.29, 1.82) is 0 Å². The molecule has 0 saturated heterocycles. The molecular formula is C25H23ClN2O6S. The highest BCUT2D eigenvalue weighted by Gasteiger charge is 2.37. The number of halogens is 1. The van der Waals surface area contributed by atoms with Crippen molar-refractivity contribution in [3.8, 4) is 5.75 Å². The molecule has 10 heteroatoms. The number of fused-ring (bicyclic) bond motifs is 1. The first-order valence-corrected chi connectivity index (χ1v) is 12.6. The molecule has 182 valence electrons. The fraction of sp³-hybridized carbons (Fsp3) is 0.200. The van der Waals surface area contributed by atoms with Gasteiger partial charge in [0.1, 0.15) is 5.75 Å². The largest absolute Gasteiger partial charge is 0.476 e. The number of ether oxygens (including phenoxy) is 2. The third-order valence-electron chi connectivity index (χ3n) is 5.37. The van der Waals surface area contributed by atoms with Gasteiger partial charge < -0.3 is 14.8 Å². The molecule has 1 heterocycles. The van der Waals surface area contributed by atoms with Crippen LogP contribution in [0.15, 0.2) is 71.6 Å². The molecule has 8 nitrogen and oxygen atoms in total. The number of benzene rings is 3. The van der Waals surface area contributed by atoms with E-state index in [0.717, 1.165) is 5.56 Å². The Morgan fingerprint density at radius 1 is 1.11 bits per heavy atom. The molecule has 0 radical (unpaired) electrons. The number of rotatable bonds is 6. The van der Waals surface area contributed by atoms with E-state index in [1.807, 2.05) is 6.92 Å². The fourth-order valence-corrected chi connectivity index (χ4v) is 5.28. The van der Waals surface area contributed by atoms with Gasteiger partial charge in [-0.05, 0) is 56.3 Å². The Labute approximate surface area is 208 Å². The summed E-state index contributed by atoms with van der Waals surface area (Å²) in [6.07, 6.45) is -1.15. The number of esters is 1. The van der Waals surface area contributed by atoms with Crippen LogP contribution in [0.5, 0.6) is 5.75 Å². The van der Waals surface area contributed by atoms with E-state index < -0.39 is 28.0 Å². The topological polar surface area (TPSA) is 102 Å². The first-order valence-electron chi connectivity index (χ1n) is 10.8. The summed E-state index contributed by atoms with van der Waals surface area (Å²) in [6.45, 7) is 3.54. The van der Waals surface area contributed by atoms with Gasteiger partial charge in [0.15, 0.2) is 6.10 Å². The number of nitrogens with one attached hydrogen (secondary N) is 1. The van der Waals surface area contributed by atoms with E-state index in [0.29, 0.717) is 5.69 Å². The molecule has 1 N–H and O–H groups in total. The predicted octanol–water partition coefficient (Wildman–Crippen LogP) is 4.42. The smallest absolute Gasteiger partial charge is 0.338 e. The summed E-state index contributed by atoms with van der Waals surface area (Å²) in [4.78, 5) is 25.1. The van der Waals surface area contributed by atoms with Crippen LogP contribution in [-0.2, 0) is 19.6 Å². The van der Waals surface area contributed by atoms with Crippen LogP contribution in [0.25, 0.3) is 0 Å². The molecule has 3 aromatic carbocycles. The van der Waals surface area contributed by atoms with Crippen LogP contribution in [0.3, 0.4) is 0 Å². The molecule has 4 rings (SSSR count). The summed E-state index contributed by atoms with van der Waals surface area (Å²) >= 11 is 6.26. The normalized spacial score (nSPS) is 15.1. The van der Waals surface area contributed by atoms with Gasteiger partial charge in [-0.3, -0.25) is 9.10 Å². The van der Waals surface area contributed by atoms with Crippen molar-refractivity contribution in [1.82, 2.24) is 0 Å². The van der Waals surface area contributed by atoms with Gasteiger partial charge in [0.25, 0.3) is 15.9 Å². The van der Waals surface area contributed by atoms with Gasteiger partial charge in [-0.1, -0.05) is 41.4 Å².